The van der Waals surface area contributed by atoms with Gasteiger partial charge in [-0.2, -0.15) is 0 Å². The molecular formula is C8H6BrF4NO. The van der Waals surface area contributed by atoms with Crippen LogP contribution in [0.1, 0.15) is 5.56 Å². The lowest BCUT2D eigenvalue weighted by atomic mass is 10.2. The molecule has 0 fully saturated rings. The average Bonchev–Trinajstić information content (AvgIpc) is 2.10. The number of hydrogen-bond acceptors (Lipinski definition) is 2. The minimum absolute atomic E-state index is 0.207. The second-order valence-electron chi connectivity index (χ2n) is 2.67. The summed E-state index contributed by atoms with van der Waals surface area (Å²) >= 11 is 2.99. The van der Waals surface area contributed by atoms with E-state index in [0.29, 0.717) is 5.56 Å². The van der Waals surface area contributed by atoms with Crippen molar-refractivity contribution in [2.75, 3.05) is 5.73 Å². The van der Waals surface area contributed by atoms with Crippen molar-refractivity contribution >= 4 is 21.6 Å². The summed E-state index contributed by atoms with van der Waals surface area (Å²) in [6, 6.07) is 2.06. The molecule has 2 nitrogen and oxygen atoms in total. The second-order valence-corrected chi connectivity index (χ2v) is 3.23. The van der Waals surface area contributed by atoms with Crippen LogP contribution in [0.2, 0.25) is 0 Å². The lowest BCUT2D eigenvalue weighted by molar-refractivity contribution is -0.274. The van der Waals surface area contributed by atoms with Crippen molar-refractivity contribution in [3.63, 3.8) is 0 Å². The van der Waals surface area contributed by atoms with E-state index in [1.807, 2.05) is 0 Å². The molecule has 0 amide bonds. The molecule has 0 heterocycles. The topological polar surface area (TPSA) is 35.2 Å². The number of nitrogens with two attached hydrogens (primary N) is 1. The molecule has 0 aliphatic heterocycles. The van der Waals surface area contributed by atoms with E-state index in [1.54, 1.807) is 0 Å². The molecule has 0 aliphatic rings. The predicted molar refractivity (Wildman–Crippen MR) is 50.1 cm³/mol. The normalized spacial score (nSPS) is 11.5. The SMILES string of the molecule is Nc1c(F)cc(CBr)cc1OC(F)(F)F. The molecule has 0 unspecified atom stereocenters. The number of benzene rings is 1. The smallest absolute Gasteiger partial charge is 0.403 e. The quantitative estimate of drug-likeness (QED) is 0.515. The third-order valence-electron chi connectivity index (χ3n) is 1.53. The third-order valence-corrected chi connectivity index (χ3v) is 2.18. The molecule has 0 radical (unpaired) electrons. The molecule has 0 aliphatic carbocycles. The highest BCUT2D eigenvalue weighted by Crippen LogP contribution is 2.31. The number of alkyl halides is 4. The zero-order valence-corrected chi connectivity index (χ0v) is 8.82. The Labute approximate surface area is 91.1 Å². The number of halogens is 5. The van der Waals surface area contributed by atoms with Gasteiger partial charge in [0, 0.05) is 5.33 Å². The van der Waals surface area contributed by atoms with Gasteiger partial charge in [-0.25, -0.2) is 4.39 Å². The average molecular weight is 288 g/mol. The predicted octanol–water partition coefficient (Wildman–Crippen LogP) is 3.20. The van der Waals surface area contributed by atoms with Gasteiger partial charge in [-0.3, -0.25) is 0 Å². The van der Waals surface area contributed by atoms with Gasteiger partial charge in [0.2, 0.25) is 0 Å². The molecular weight excluding hydrogens is 282 g/mol. The van der Waals surface area contributed by atoms with E-state index >= 15 is 0 Å². The summed E-state index contributed by atoms with van der Waals surface area (Å²) in [5.41, 5.74) is 4.75. The number of ether oxygens (including phenoxy) is 1. The molecule has 84 valence electrons. The molecule has 0 aromatic heterocycles. The maximum atomic E-state index is 13.0. The number of nitrogen functional groups attached to an aromatic ring is 1. The standard InChI is InChI=1S/C8H6BrF4NO/c9-3-4-1-5(10)7(14)6(2-4)15-8(11,12)13/h1-2H,3,14H2. The van der Waals surface area contributed by atoms with Crippen LogP contribution in [0.3, 0.4) is 0 Å². The van der Waals surface area contributed by atoms with Crippen LogP contribution >= 0.6 is 15.9 Å². The fraction of sp³-hybridized carbons (Fsp3) is 0.250. The summed E-state index contributed by atoms with van der Waals surface area (Å²) in [5.74, 6) is -1.66. The van der Waals surface area contributed by atoms with E-state index in [2.05, 4.69) is 20.7 Å². The zero-order chi connectivity index (χ0) is 11.6. The van der Waals surface area contributed by atoms with Crippen molar-refractivity contribution in [2.45, 2.75) is 11.7 Å². The van der Waals surface area contributed by atoms with Gasteiger partial charge >= 0.3 is 6.36 Å². The van der Waals surface area contributed by atoms with E-state index in [1.165, 1.54) is 0 Å². The Kier molecular flexibility index (Phi) is 3.43. The summed E-state index contributed by atoms with van der Waals surface area (Å²) in [7, 11) is 0. The van der Waals surface area contributed by atoms with Gasteiger partial charge in [0.15, 0.2) is 5.75 Å². The van der Waals surface area contributed by atoms with Gasteiger partial charge in [-0.05, 0) is 17.7 Å². The summed E-state index contributed by atoms with van der Waals surface area (Å²) in [5, 5.41) is 0.207. The molecule has 2 N–H and O–H groups in total. The molecule has 0 saturated heterocycles. The zero-order valence-electron chi connectivity index (χ0n) is 7.24. The minimum atomic E-state index is -4.88. The van der Waals surface area contributed by atoms with Crippen LogP contribution in [0.25, 0.3) is 0 Å². The molecule has 0 bridgehead atoms. The van der Waals surface area contributed by atoms with E-state index in [9.17, 15) is 17.6 Å². The summed E-state index contributed by atoms with van der Waals surface area (Å²) < 4.78 is 52.2. The highest BCUT2D eigenvalue weighted by molar-refractivity contribution is 9.08. The van der Waals surface area contributed by atoms with Crippen molar-refractivity contribution in [2.24, 2.45) is 0 Å². The fourth-order valence-electron chi connectivity index (χ4n) is 0.932. The molecule has 7 heteroatoms. The first-order valence-corrected chi connectivity index (χ1v) is 4.85. The van der Waals surface area contributed by atoms with Crippen LogP contribution in [0.4, 0.5) is 23.2 Å². The first-order valence-electron chi connectivity index (χ1n) is 3.73. The van der Waals surface area contributed by atoms with Crippen LogP contribution in [0.15, 0.2) is 12.1 Å². The Morgan fingerprint density at radius 3 is 2.40 bits per heavy atom. The number of anilines is 1. The van der Waals surface area contributed by atoms with Gasteiger partial charge in [0.1, 0.15) is 11.5 Å². The van der Waals surface area contributed by atoms with Gasteiger partial charge < -0.3 is 10.5 Å². The van der Waals surface area contributed by atoms with Crippen LogP contribution < -0.4 is 10.5 Å². The summed E-state index contributed by atoms with van der Waals surface area (Å²) in [6.07, 6.45) is -4.88. The summed E-state index contributed by atoms with van der Waals surface area (Å²) in [6.45, 7) is 0. The molecule has 0 atom stereocenters. The van der Waals surface area contributed by atoms with Gasteiger partial charge in [-0.15, -0.1) is 13.2 Å². The fourth-order valence-corrected chi connectivity index (χ4v) is 1.26. The van der Waals surface area contributed by atoms with Crippen molar-refractivity contribution in [1.82, 2.24) is 0 Å². The molecule has 1 aromatic rings. The van der Waals surface area contributed by atoms with E-state index in [-0.39, 0.29) is 5.33 Å². The Morgan fingerprint density at radius 2 is 1.93 bits per heavy atom. The Hall–Kier alpha value is -0.980. The third kappa shape index (κ3) is 3.26. The first-order chi connectivity index (χ1) is 6.83. The maximum absolute atomic E-state index is 13.0. The first kappa shape index (κ1) is 12.1. The molecule has 0 spiro atoms. The van der Waals surface area contributed by atoms with Crippen molar-refractivity contribution in [3.8, 4) is 5.75 Å². The molecule has 1 aromatic carbocycles. The minimum Gasteiger partial charge on any atom is -0.403 e. The largest absolute Gasteiger partial charge is 0.573 e. The van der Waals surface area contributed by atoms with Crippen LogP contribution in [-0.4, -0.2) is 6.36 Å². The Bertz CT molecular complexity index is 366. The van der Waals surface area contributed by atoms with E-state index < -0.39 is 23.6 Å². The number of hydrogen-bond donors (Lipinski definition) is 1. The maximum Gasteiger partial charge on any atom is 0.573 e. The van der Waals surface area contributed by atoms with Crippen LogP contribution in [0.5, 0.6) is 5.75 Å². The van der Waals surface area contributed by atoms with E-state index in [0.717, 1.165) is 12.1 Å². The van der Waals surface area contributed by atoms with Crippen LogP contribution in [-0.2, 0) is 5.33 Å². The Balaban J connectivity index is 3.11. The van der Waals surface area contributed by atoms with Crippen LogP contribution in [0, 0.1) is 5.82 Å². The van der Waals surface area contributed by atoms with Gasteiger partial charge in [-0.1, -0.05) is 15.9 Å². The molecule has 15 heavy (non-hydrogen) atoms. The van der Waals surface area contributed by atoms with Crippen molar-refractivity contribution < 1.29 is 22.3 Å². The lowest BCUT2D eigenvalue weighted by Gasteiger charge is -2.12. The van der Waals surface area contributed by atoms with Crippen molar-refractivity contribution in [3.05, 3.63) is 23.5 Å². The second kappa shape index (κ2) is 4.26. The number of rotatable bonds is 2. The monoisotopic (exact) mass is 287 g/mol. The highest BCUT2D eigenvalue weighted by atomic mass is 79.9. The molecule has 0 saturated carbocycles. The molecule has 1 rings (SSSR count). The van der Waals surface area contributed by atoms with Gasteiger partial charge in [0.05, 0.1) is 0 Å². The lowest BCUT2D eigenvalue weighted by Crippen LogP contribution is -2.18. The Morgan fingerprint density at radius 1 is 1.33 bits per heavy atom. The van der Waals surface area contributed by atoms with E-state index in [4.69, 9.17) is 5.73 Å². The highest BCUT2D eigenvalue weighted by Gasteiger charge is 2.32. The summed E-state index contributed by atoms with van der Waals surface area (Å²) in [4.78, 5) is 0. The van der Waals surface area contributed by atoms with Crippen molar-refractivity contribution in [1.29, 1.82) is 0 Å². The van der Waals surface area contributed by atoms with Gasteiger partial charge in [0.25, 0.3) is 0 Å².